The second-order valence-electron chi connectivity index (χ2n) is 4.08. The van der Waals surface area contributed by atoms with Gasteiger partial charge in [-0.1, -0.05) is 29.8 Å². The van der Waals surface area contributed by atoms with Crippen molar-refractivity contribution in [1.82, 2.24) is 0 Å². The molecule has 0 spiro atoms. The van der Waals surface area contributed by atoms with E-state index in [1.807, 2.05) is 0 Å². The number of halogens is 2. The Balaban J connectivity index is 2.20. The maximum atomic E-state index is 13.4. The highest BCUT2D eigenvalue weighted by molar-refractivity contribution is 6.31. The van der Waals surface area contributed by atoms with Crippen molar-refractivity contribution < 1.29 is 13.9 Å². The normalized spacial score (nSPS) is 10.3. The molecule has 0 fully saturated rings. The summed E-state index contributed by atoms with van der Waals surface area (Å²) in [6.07, 6.45) is 0. The molecule has 4 heteroatoms. The zero-order chi connectivity index (χ0) is 13.8. The van der Waals surface area contributed by atoms with Crippen molar-refractivity contribution in [2.45, 2.75) is 13.5 Å². The smallest absolute Gasteiger partial charge is 0.163 e. The molecule has 0 saturated heterocycles. The van der Waals surface area contributed by atoms with Gasteiger partial charge in [-0.15, -0.1) is 0 Å². The van der Waals surface area contributed by atoms with E-state index in [4.69, 9.17) is 16.3 Å². The van der Waals surface area contributed by atoms with Crippen molar-refractivity contribution in [2.75, 3.05) is 0 Å². The summed E-state index contributed by atoms with van der Waals surface area (Å²) >= 11 is 5.84. The molecule has 0 aliphatic rings. The van der Waals surface area contributed by atoms with Gasteiger partial charge in [-0.2, -0.15) is 0 Å². The minimum absolute atomic E-state index is 0.0641. The van der Waals surface area contributed by atoms with Gasteiger partial charge in [0, 0.05) is 10.6 Å². The summed E-state index contributed by atoms with van der Waals surface area (Å²) in [7, 11) is 0. The lowest BCUT2D eigenvalue weighted by Gasteiger charge is -2.10. The van der Waals surface area contributed by atoms with Gasteiger partial charge in [0.2, 0.25) is 0 Å². The summed E-state index contributed by atoms with van der Waals surface area (Å²) in [4.78, 5) is 11.5. The summed E-state index contributed by atoms with van der Waals surface area (Å²) in [5, 5.41) is 0.462. The molecule has 0 radical (unpaired) electrons. The molecule has 0 saturated carbocycles. The predicted molar refractivity (Wildman–Crippen MR) is 72.2 cm³/mol. The lowest BCUT2D eigenvalue weighted by atomic mass is 10.1. The molecule has 0 unspecified atom stereocenters. The minimum Gasteiger partial charge on any atom is -0.488 e. The van der Waals surface area contributed by atoms with Crippen molar-refractivity contribution in [3.05, 3.63) is 64.4 Å². The summed E-state index contributed by atoms with van der Waals surface area (Å²) in [6, 6.07) is 11.1. The van der Waals surface area contributed by atoms with E-state index in [2.05, 4.69) is 0 Å². The Kier molecular flexibility index (Phi) is 4.17. The third kappa shape index (κ3) is 3.32. The Morgan fingerprint density at radius 2 is 2.00 bits per heavy atom. The first-order valence-electron chi connectivity index (χ1n) is 5.74. The number of carbonyl (C=O) groups is 1. The molecule has 98 valence electrons. The van der Waals surface area contributed by atoms with Crippen LogP contribution in [0, 0.1) is 5.82 Å². The first-order chi connectivity index (χ1) is 9.08. The number of benzene rings is 2. The zero-order valence-corrected chi connectivity index (χ0v) is 11.1. The van der Waals surface area contributed by atoms with E-state index in [0.717, 1.165) is 0 Å². The molecule has 0 atom stereocenters. The molecule has 0 heterocycles. The molecule has 0 amide bonds. The van der Waals surface area contributed by atoms with Crippen LogP contribution in [0.25, 0.3) is 0 Å². The van der Waals surface area contributed by atoms with Crippen LogP contribution in [-0.2, 0) is 6.61 Å². The van der Waals surface area contributed by atoms with E-state index in [1.54, 1.807) is 36.4 Å². The molecule has 0 bridgehead atoms. The minimum atomic E-state index is -0.333. The van der Waals surface area contributed by atoms with Gasteiger partial charge >= 0.3 is 0 Å². The fraction of sp³-hybridized carbons (Fsp3) is 0.133. The van der Waals surface area contributed by atoms with Gasteiger partial charge in [-0.3, -0.25) is 4.79 Å². The summed E-state index contributed by atoms with van der Waals surface area (Å²) in [5.41, 5.74) is 0.829. The van der Waals surface area contributed by atoms with E-state index >= 15 is 0 Å². The zero-order valence-electron chi connectivity index (χ0n) is 10.3. The van der Waals surface area contributed by atoms with Crippen LogP contribution in [0.3, 0.4) is 0 Å². The number of ether oxygens (including phenoxy) is 1. The van der Waals surface area contributed by atoms with Crippen LogP contribution in [0.1, 0.15) is 22.8 Å². The molecule has 0 aromatic heterocycles. The maximum absolute atomic E-state index is 13.4. The summed E-state index contributed by atoms with van der Waals surface area (Å²) in [5.74, 6) is -0.0768. The lowest BCUT2D eigenvalue weighted by Crippen LogP contribution is -2.03. The van der Waals surface area contributed by atoms with Crippen LogP contribution in [0.15, 0.2) is 42.5 Å². The topological polar surface area (TPSA) is 26.3 Å². The molecule has 0 N–H and O–H groups in total. The van der Waals surface area contributed by atoms with E-state index in [1.165, 1.54) is 13.0 Å². The molecule has 19 heavy (non-hydrogen) atoms. The average Bonchev–Trinajstić information content (AvgIpc) is 2.38. The van der Waals surface area contributed by atoms with Crippen LogP contribution < -0.4 is 4.74 Å². The third-order valence-electron chi connectivity index (χ3n) is 2.66. The van der Waals surface area contributed by atoms with Gasteiger partial charge in [0.15, 0.2) is 5.78 Å². The SMILES string of the molecule is CC(=O)c1cc(Cl)ccc1OCc1ccccc1F. The van der Waals surface area contributed by atoms with Crippen molar-refractivity contribution in [1.29, 1.82) is 0 Å². The average molecular weight is 279 g/mol. The van der Waals surface area contributed by atoms with Gasteiger partial charge < -0.3 is 4.74 Å². The molecule has 2 rings (SSSR count). The number of hydrogen-bond acceptors (Lipinski definition) is 2. The Bertz CT molecular complexity index is 611. The Morgan fingerprint density at radius 1 is 1.26 bits per heavy atom. The number of hydrogen-bond donors (Lipinski definition) is 0. The standard InChI is InChI=1S/C15H12ClFO2/c1-10(18)13-8-12(16)6-7-15(13)19-9-11-4-2-3-5-14(11)17/h2-8H,9H2,1H3. The summed E-state index contributed by atoms with van der Waals surface area (Å²) < 4.78 is 18.9. The van der Waals surface area contributed by atoms with Crippen LogP contribution in [0.4, 0.5) is 4.39 Å². The highest BCUT2D eigenvalue weighted by Gasteiger charge is 2.10. The predicted octanol–water partition coefficient (Wildman–Crippen LogP) is 4.26. The van der Waals surface area contributed by atoms with Crippen molar-refractivity contribution in [3.63, 3.8) is 0 Å². The fourth-order valence-electron chi connectivity index (χ4n) is 1.67. The maximum Gasteiger partial charge on any atom is 0.163 e. The quantitative estimate of drug-likeness (QED) is 0.781. The molecule has 2 aromatic rings. The van der Waals surface area contributed by atoms with Crippen LogP contribution in [-0.4, -0.2) is 5.78 Å². The molecule has 0 aliphatic carbocycles. The number of rotatable bonds is 4. The van der Waals surface area contributed by atoms with Crippen molar-refractivity contribution in [2.24, 2.45) is 0 Å². The second kappa shape index (κ2) is 5.85. The molecular weight excluding hydrogens is 267 g/mol. The monoisotopic (exact) mass is 278 g/mol. The van der Waals surface area contributed by atoms with Gasteiger partial charge in [-0.05, 0) is 31.2 Å². The van der Waals surface area contributed by atoms with Crippen molar-refractivity contribution >= 4 is 17.4 Å². The Hall–Kier alpha value is -1.87. The number of Topliss-reactive ketones (excluding diaryl/α,β-unsaturated/α-hetero) is 1. The molecule has 2 aromatic carbocycles. The molecule has 0 aliphatic heterocycles. The van der Waals surface area contributed by atoms with E-state index < -0.39 is 0 Å². The van der Waals surface area contributed by atoms with E-state index in [9.17, 15) is 9.18 Å². The molecule has 2 nitrogen and oxygen atoms in total. The van der Waals surface area contributed by atoms with Gasteiger partial charge in [0.25, 0.3) is 0 Å². The van der Waals surface area contributed by atoms with Gasteiger partial charge in [0.05, 0.1) is 5.56 Å². The largest absolute Gasteiger partial charge is 0.488 e. The van der Waals surface area contributed by atoms with E-state index in [-0.39, 0.29) is 18.2 Å². The fourth-order valence-corrected chi connectivity index (χ4v) is 1.85. The molecular formula is C15H12ClFO2. The Labute approximate surface area is 115 Å². The Morgan fingerprint density at radius 3 is 2.68 bits per heavy atom. The first kappa shape index (κ1) is 13.6. The van der Waals surface area contributed by atoms with Gasteiger partial charge in [-0.25, -0.2) is 4.39 Å². The van der Waals surface area contributed by atoms with Crippen LogP contribution in [0.2, 0.25) is 5.02 Å². The number of ketones is 1. The lowest BCUT2D eigenvalue weighted by molar-refractivity contribution is 0.101. The number of carbonyl (C=O) groups excluding carboxylic acids is 1. The first-order valence-corrected chi connectivity index (χ1v) is 6.12. The van der Waals surface area contributed by atoms with Gasteiger partial charge in [0.1, 0.15) is 18.2 Å². The second-order valence-corrected chi connectivity index (χ2v) is 4.51. The highest BCUT2D eigenvalue weighted by Crippen LogP contribution is 2.24. The van der Waals surface area contributed by atoms with Crippen molar-refractivity contribution in [3.8, 4) is 5.75 Å². The van der Waals surface area contributed by atoms with Crippen LogP contribution in [0.5, 0.6) is 5.75 Å². The summed E-state index contributed by atoms with van der Waals surface area (Å²) in [6.45, 7) is 1.50. The third-order valence-corrected chi connectivity index (χ3v) is 2.90. The highest BCUT2D eigenvalue weighted by atomic mass is 35.5. The van der Waals surface area contributed by atoms with Crippen LogP contribution >= 0.6 is 11.6 Å². The van der Waals surface area contributed by atoms with E-state index in [0.29, 0.717) is 21.9 Å².